The van der Waals surface area contributed by atoms with Gasteiger partial charge < -0.3 is 10.1 Å². The smallest absolute Gasteiger partial charge is 0.205 e. The summed E-state index contributed by atoms with van der Waals surface area (Å²) in [6.45, 7) is 3.78. The summed E-state index contributed by atoms with van der Waals surface area (Å²) in [6.07, 6.45) is 7.85. The van der Waals surface area contributed by atoms with Gasteiger partial charge in [-0.3, -0.25) is 10.4 Å². The van der Waals surface area contributed by atoms with Crippen molar-refractivity contribution in [3.8, 4) is 0 Å². The standard InChI is InChI=1S/C13H26N4O/c1-10-11(7-8-18-10)9-15-13(17-14)16-12-5-3-2-4-6-12/h10-12H,2-9,14H2,1H3,(H2,15,16,17). The summed E-state index contributed by atoms with van der Waals surface area (Å²) in [5.74, 6) is 6.80. The Bertz CT molecular complexity index is 276. The molecule has 2 unspecified atom stereocenters. The van der Waals surface area contributed by atoms with Gasteiger partial charge in [-0.2, -0.15) is 0 Å². The second kappa shape index (κ2) is 6.95. The van der Waals surface area contributed by atoms with Gasteiger partial charge in [-0.25, -0.2) is 5.84 Å². The van der Waals surface area contributed by atoms with Crippen molar-refractivity contribution in [1.82, 2.24) is 10.7 Å². The lowest BCUT2D eigenvalue weighted by molar-refractivity contribution is 0.107. The molecule has 1 aliphatic heterocycles. The van der Waals surface area contributed by atoms with E-state index in [4.69, 9.17) is 10.6 Å². The minimum absolute atomic E-state index is 0.322. The van der Waals surface area contributed by atoms with Crippen molar-refractivity contribution < 1.29 is 4.74 Å². The molecule has 1 saturated carbocycles. The fraction of sp³-hybridized carbons (Fsp3) is 0.923. The molecule has 104 valence electrons. The van der Waals surface area contributed by atoms with Crippen LogP contribution in [-0.2, 0) is 4.74 Å². The van der Waals surface area contributed by atoms with Gasteiger partial charge in [-0.05, 0) is 26.2 Å². The second-order valence-electron chi connectivity index (χ2n) is 5.44. The van der Waals surface area contributed by atoms with Gasteiger partial charge in [-0.15, -0.1) is 0 Å². The largest absolute Gasteiger partial charge is 0.378 e. The number of ether oxygens (including phenoxy) is 1. The van der Waals surface area contributed by atoms with Crippen molar-refractivity contribution in [2.24, 2.45) is 16.8 Å². The predicted octanol–water partition coefficient (Wildman–Crippen LogP) is 1.15. The van der Waals surface area contributed by atoms with E-state index in [1.54, 1.807) is 0 Å². The first kappa shape index (κ1) is 13.6. The van der Waals surface area contributed by atoms with E-state index >= 15 is 0 Å². The van der Waals surface area contributed by atoms with Gasteiger partial charge in [0, 0.05) is 25.1 Å². The first-order valence-corrected chi connectivity index (χ1v) is 7.19. The Morgan fingerprint density at radius 1 is 1.28 bits per heavy atom. The molecule has 5 nitrogen and oxygen atoms in total. The minimum atomic E-state index is 0.322. The summed E-state index contributed by atoms with van der Waals surface area (Å²) in [5, 5.41) is 3.42. The Hall–Kier alpha value is -0.810. The molecule has 5 heteroatoms. The molecule has 0 spiro atoms. The van der Waals surface area contributed by atoms with Gasteiger partial charge in [-0.1, -0.05) is 19.3 Å². The topological polar surface area (TPSA) is 71.7 Å². The van der Waals surface area contributed by atoms with Crippen LogP contribution in [0.25, 0.3) is 0 Å². The molecule has 4 N–H and O–H groups in total. The van der Waals surface area contributed by atoms with Crippen LogP contribution >= 0.6 is 0 Å². The Labute approximate surface area is 110 Å². The van der Waals surface area contributed by atoms with Gasteiger partial charge in [0.25, 0.3) is 0 Å². The molecule has 0 amide bonds. The van der Waals surface area contributed by atoms with E-state index in [1.807, 2.05) is 0 Å². The summed E-state index contributed by atoms with van der Waals surface area (Å²) < 4.78 is 5.54. The molecule has 0 aromatic rings. The van der Waals surface area contributed by atoms with Crippen molar-refractivity contribution in [1.29, 1.82) is 0 Å². The van der Waals surface area contributed by atoms with Crippen LogP contribution in [0.2, 0.25) is 0 Å². The molecular weight excluding hydrogens is 228 g/mol. The molecule has 2 aliphatic rings. The van der Waals surface area contributed by atoms with E-state index in [2.05, 4.69) is 22.7 Å². The van der Waals surface area contributed by atoms with Crippen LogP contribution in [0.4, 0.5) is 0 Å². The Kier molecular flexibility index (Phi) is 5.26. The molecule has 18 heavy (non-hydrogen) atoms. The lowest BCUT2D eigenvalue weighted by Gasteiger charge is -2.24. The minimum Gasteiger partial charge on any atom is -0.378 e. The molecular formula is C13H26N4O. The third-order valence-electron chi connectivity index (χ3n) is 4.10. The highest BCUT2D eigenvalue weighted by atomic mass is 16.5. The van der Waals surface area contributed by atoms with Crippen LogP contribution in [0.3, 0.4) is 0 Å². The molecule has 2 atom stereocenters. The van der Waals surface area contributed by atoms with Crippen LogP contribution in [0, 0.1) is 5.92 Å². The molecule has 1 saturated heterocycles. The maximum atomic E-state index is 5.54. The van der Waals surface area contributed by atoms with Crippen LogP contribution in [0.15, 0.2) is 4.99 Å². The summed E-state index contributed by atoms with van der Waals surface area (Å²) in [5.41, 5.74) is 2.69. The molecule has 1 aliphatic carbocycles. The zero-order valence-corrected chi connectivity index (χ0v) is 11.3. The van der Waals surface area contributed by atoms with E-state index < -0.39 is 0 Å². The highest BCUT2D eigenvalue weighted by Gasteiger charge is 2.24. The average molecular weight is 254 g/mol. The number of rotatable bonds is 3. The van der Waals surface area contributed by atoms with E-state index in [0.717, 1.165) is 25.5 Å². The third-order valence-corrected chi connectivity index (χ3v) is 4.10. The van der Waals surface area contributed by atoms with Gasteiger partial charge >= 0.3 is 0 Å². The van der Waals surface area contributed by atoms with Gasteiger partial charge in [0.1, 0.15) is 0 Å². The predicted molar refractivity (Wildman–Crippen MR) is 73.2 cm³/mol. The molecule has 2 fully saturated rings. The van der Waals surface area contributed by atoms with Crippen molar-refractivity contribution >= 4 is 5.96 Å². The number of hydrogen-bond donors (Lipinski definition) is 3. The first-order chi connectivity index (χ1) is 8.79. The van der Waals surface area contributed by atoms with E-state index in [0.29, 0.717) is 18.1 Å². The summed E-state index contributed by atoms with van der Waals surface area (Å²) in [4.78, 5) is 4.56. The molecule has 0 radical (unpaired) electrons. The fourth-order valence-electron chi connectivity index (χ4n) is 2.80. The lowest BCUT2D eigenvalue weighted by atomic mass is 9.96. The second-order valence-corrected chi connectivity index (χ2v) is 5.44. The number of nitrogens with one attached hydrogen (secondary N) is 2. The van der Waals surface area contributed by atoms with Crippen LogP contribution in [-0.4, -0.2) is 31.3 Å². The molecule has 0 aromatic heterocycles. The van der Waals surface area contributed by atoms with Crippen molar-refractivity contribution in [3.63, 3.8) is 0 Å². The zero-order chi connectivity index (χ0) is 12.8. The normalized spacial score (nSPS) is 30.4. The molecule has 2 rings (SSSR count). The summed E-state index contributed by atoms with van der Waals surface area (Å²) in [6, 6.07) is 0.533. The van der Waals surface area contributed by atoms with Gasteiger partial charge in [0.2, 0.25) is 5.96 Å². The summed E-state index contributed by atoms with van der Waals surface area (Å²) >= 11 is 0. The Balaban J connectivity index is 1.79. The molecule has 0 bridgehead atoms. The van der Waals surface area contributed by atoms with Crippen molar-refractivity contribution in [2.45, 2.75) is 57.6 Å². The monoisotopic (exact) mass is 254 g/mol. The van der Waals surface area contributed by atoms with Gasteiger partial charge in [0.15, 0.2) is 0 Å². The highest BCUT2D eigenvalue weighted by Crippen LogP contribution is 2.20. The number of guanidine groups is 1. The molecule has 0 aromatic carbocycles. The maximum absolute atomic E-state index is 5.54. The average Bonchev–Trinajstić information content (AvgIpc) is 2.81. The third kappa shape index (κ3) is 3.85. The maximum Gasteiger partial charge on any atom is 0.205 e. The Morgan fingerprint density at radius 3 is 2.67 bits per heavy atom. The lowest BCUT2D eigenvalue weighted by Crippen LogP contribution is -2.47. The van der Waals surface area contributed by atoms with Crippen LogP contribution in [0.1, 0.15) is 45.4 Å². The zero-order valence-electron chi connectivity index (χ0n) is 11.3. The number of nitrogens with two attached hydrogens (primary N) is 1. The van der Waals surface area contributed by atoms with Crippen LogP contribution < -0.4 is 16.6 Å². The number of nitrogens with zero attached hydrogens (tertiary/aromatic N) is 1. The van der Waals surface area contributed by atoms with Gasteiger partial charge in [0.05, 0.1) is 6.10 Å². The van der Waals surface area contributed by atoms with E-state index in [1.165, 1.54) is 32.1 Å². The Morgan fingerprint density at radius 2 is 2.06 bits per heavy atom. The fourth-order valence-corrected chi connectivity index (χ4v) is 2.80. The SMILES string of the molecule is CC1OCCC1CN=C(NN)NC1CCCCC1. The highest BCUT2D eigenvalue weighted by molar-refractivity contribution is 5.79. The first-order valence-electron chi connectivity index (χ1n) is 7.19. The van der Waals surface area contributed by atoms with Crippen molar-refractivity contribution in [3.05, 3.63) is 0 Å². The number of hydrazine groups is 1. The van der Waals surface area contributed by atoms with Crippen LogP contribution in [0.5, 0.6) is 0 Å². The summed E-state index contributed by atoms with van der Waals surface area (Å²) in [7, 11) is 0. The number of hydrogen-bond acceptors (Lipinski definition) is 3. The van der Waals surface area contributed by atoms with Crippen molar-refractivity contribution in [2.75, 3.05) is 13.2 Å². The number of aliphatic imine (C=N–C) groups is 1. The van der Waals surface area contributed by atoms with E-state index in [-0.39, 0.29) is 0 Å². The van der Waals surface area contributed by atoms with E-state index in [9.17, 15) is 0 Å². The quantitative estimate of drug-likeness (QED) is 0.306. The molecule has 1 heterocycles.